The van der Waals surface area contributed by atoms with Crippen molar-refractivity contribution in [2.45, 2.75) is 205 Å². The molecular formula is C49H83N3O18P2. The number of aromatic nitrogens is 2. The van der Waals surface area contributed by atoms with E-state index in [-0.39, 0.29) is 37.9 Å². The minimum atomic E-state index is -5.72. The van der Waals surface area contributed by atoms with Crippen LogP contribution in [0.3, 0.4) is 0 Å². The number of carbonyl (C=O) groups is 3. The minimum Gasteiger partial charge on any atom is -0.462 e. The smallest absolute Gasteiger partial charge is 0.462 e. The van der Waals surface area contributed by atoms with E-state index in [9.17, 15) is 58.5 Å². The molecule has 0 radical (unpaired) electrons. The summed E-state index contributed by atoms with van der Waals surface area (Å²) in [5, 5.41) is 45.4. The van der Waals surface area contributed by atoms with E-state index in [1.165, 1.54) is 63.2 Å². The Morgan fingerprint density at radius 1 is 0.903 bits per heavy atom. The zero-order valence-electron chi connectivity index (χ0n) is 42.4. The number of esters is 2. The number of Topliss-reactive ketones (excluding diaryl/α,β-unsaturated/α-hetero) is 1. The summed E-state index contributed by atoms with van der Waals surface area (Å²) in [4.78, 5) is 78.2. The number of anilines is 1. The Balaban J connectivity index is 1.80. The molecule has 1 fully saturated rings. The van der Waals surface area contributed by atoms with Crippen molar-refractivity contribution in [2.24, 2.45) is 17.8 Å². The lowest BCUT2D eigenvalue weighted by atomic mass is 9.83. The van der Waals surface area contributed by atoms with Gasteiger partial charge in [-0.15, -0.1) is 0 Å². The van der Waals surface area contributed by atoms with E-state index in [1.54, 1.807) is 12.2 Å². The molecule has 23 heteroatoms. The molecule has 3 heterocycles. The highest BCUT2D eigenvalue weighted by molar-refractivity contribution is 7.61. The Kier molecular flexibility index (Phi) is 29.5. The molecule has 3 unspecified atom stereocenters. The maximum Gasteiger partial charge on any atom is 0.481 e. The highest BCUT2D eigenvalue weighted by Gasteiger charge is 2.45. The highest BCUT2D eigenvalue weighted by Crippen LogP contribution is 2.60. The molecule has 0 aliphatic carbocycles. The van der Waals surface area contributed by atoms with Crippen molar-refractivity contribution in [1.29, 1.82) is 0 Å². The lowest BCUT2D eigenvalue weighted by Crippen LogP contribution is -2.51. The molecular weight excluding hydrogens is 980 g/mol. The first kappa shape index (κ1) is 63.1. The van der Waals surface area contributed by atoms with E-state index in [0.717, 1.165) is 55.2 Å². The topological polar surface area (TPSA) is 323 Å². The van der Waals surface area contributed by atoms with E-state index in [2.05, 4.69) is 23.1 Å². The summed E-state index contributed by atoms with van der Waals surface area (Å²) in [6.45, 7) is 3.76. The SMILES string of the molecule is CCCCC[C@H](O)C=C[C@@H]1[C@H](O)[C@H](O)[C@H]2COP(=O)(O)OP(=O)(O)OC[C@@H](COC(=O)CCCCCCCCCCCCC(C)CC)OC(=O)CCCC=CC[C@@H](C(=O)C[C@H]1O)[C@H](n1ccc(N)nc1=O)O2. The first-order chi connectivity index (χ1) is 34.3. The summed E-state index contributed by atoms with van der Waals surface area (Å²) < 4.78 is 58.8. The van der Waals surface area contributed by atoms with E-state index >= 15 is 0 Å². The second-order valence-corrected chi connectivity index (χ2v) is 22.1. The average Bonchev–Trinajstić information content (AvgIpc) is 3.31. The largest absolute Gasteiger partial charge is 0.481 e. The maximum atomic E-state index is 14.3. The van der Waals surface area contributed by atoms with Crippen molar-refractivity contribution in [3.8, 4) is 0 Å². The van der Waals surface area contributed by atoms with Gasteiger partial charge in [-0.1, -0.05) is 135 Å². The van der Waals surface area contributed by atoms with Gasteiger partial charge in [-0.25, -0.2) is 13.9 Å². The number of hydrogen-bond acceptors (Lipinski definition) is 18. The molecule has 8 N–H and O–H groups in total. The van der Waals surface area contributed by atoms with Gasteiger partial charge in [-0.3, -0.25) is 28.0 Å². The van der Waals surface area contributed by atoms with Gasteiger partial charge in [-0.05, 0) is 44.1 Å². The predicted molar refractivity (Wildman–Crippen MR) is 267 cm³/mol. The van der Waals surface area contributed by atoms with Crippen LogP contribution in [0.2, 0.25) is 0 Å². The van der Waals surface area contributed by atoms with Gasteiger partial charge < -0.3 is 50.2 Å². The van der Waals surface area contributed by atoms with Crippen molar-refractivity contribution in [3.63, 3.8) is 0 Å². The van der Waals surface area contributed by atoms with E-state index in [1.807, 2.05) is 6.92 Å². The number of nitrogen functional groups attached to an aromatic ring is 1. The molecule has 3 rings (SSSR count). The Morgan fingerprint density at radius 2 is 1.54 bits per heavy atom. The number of phosphoric ester groups is 2. The number of fused-ring (bicyclic) bond motifs is 3. The molecule has 72 heavy (non-hydrogen) atoms. The number of nitrogens with zero attached hydrogens (tertiary/aromatic N) is 2. The molecule has 2 aliphatic heterocycles. The molecule has 21 nitrogen and oxygen atoms in total. The average molecular weight is 1060 g/mol. The molecule has 1 aromatic rings. The Morgan fingerprint density at radius 3 is 2.19 bits per heavy atom. The zero-order valence-corrected chi connectivity index (χ0v) is 44.2. The van der Waals surface area contributed by atoms with E-state index in [4.69, 9.17) is 29.0 Å². The summed E-state index contributed by atoms with van der Waals surface area (Å²) in [7, 11) is -11.3. The summed E-state index contributed by atoms with van der Waals surface area (Å²) in [5.41, 5.74) is 4.72. The third-order valence-electron chi connectivity index (χ3n) is 12.9. The van der Waals surface area contributed by atoms with Gasteiger partial charge in [0.15, 0.2) is 6.10 Å². The number of cyclic esters (lactones) is 1. The van der Waals surface area contributed by atoms with Crippen LogP contribution in [0, 0.1) is 17.8 Å². The van der Waals surface area contributed by atoms with Crippen LogP contribution < -0.4 is 11.4 Å². The number of nitrogens with two attached hydrogens (primary N) is 1. The maximum absolute atomic E-state index is 14.3. The van der Waals surface area contributed by atoms with Crippen LogP contribution in [0.5, 0.6) is 0 Å². The molecule has 1 aromatic heterocycles. The molecule has 0 amide bonds. The van der Waals surface area contributed by atoms with Crippen molar-refractivity contribution in [2.75, 3.05) is 25.6 Å². The van der Waals surface area contributed by atoms with Crippen LogP contribution in [-0.2, 0) is 51.1 Å². The quantitative estimate of drug-likeness (QED) is 0.0250. The minimum absolute atomic E-state index is 0.0775. The lowest BCUT2D eigenvalue weighted by molar-refractivity contribution is -0.183. The highest BCUT2D eigenvalue weighted by atomic mass is 31.3. The number of aliphatic hydroxyl groups excluding tert-OH is 4. The third kappa shape index (κ3) is 24.5. The fourth-order valence-corrected chi connectivity index (χ4v) is 10.5. The predicted octanol–water partition coefficient (Wildman–Crippen LogP) is 7.06. The first-order valence-electron chi connectivity index (χ1n) is 25.8. The monoisotopic (exact) mass is 1060 g/mol. The Bertz CT molecular complexity index is 1990. The van der Waals surface area contributed by atoms with Gasteiger partial charge in [0, 0.05) is 31.4 Å². The van der Waals surface area contributed by atoms with Crippen LogP contribution in [0.25, 0.3) is 0 Å². The summed E-state index contributed by atoms with van der Waals surface area (Å²) in [6, 6.07) is 1.21. The fourth-order valence-electron chi connectivity index (χ4n) is 8.39. The van der Waals surface area contributed by atoms with Gasteiger partial charge in [0.1, 0.15) is 36.6 Å². The van der Waals surface area contributed by atoms with Crippen molar-refractivity contribution in [3.05, 3.63) is 47.1 Å². The summed E-state index contributed by atoms with van der Waals surface area (Å²) >= 11 is 0. The number of ketones is 1. The van der Waals surface area contributed by atoms with E-state index < -0.39 is 120 Å². The summed E-state index contributed by atoms with van der Waals surface area (Å²) in [6.07, 6.45) is 10.3. The van der Waals surface area contributed by atoms with Gasteiger partial charge in [0.2, 0.25) is 0 Å². The number of phosphoric acid groups is 2. The van der Waals surface area contributed by atoms with Gasteiger partial charge in [0.05, 0.1) is 37.4 Å². The van der Waals surface area contributed by atoms with Crippen molar-refractivity contribution in [1.82, 2.24) is 9.55 Å². The standard InChI is InChI=1S/C49H83N3O18P2/c1-4-6-17-23-36(53)27-28-38-40(54)31-41(55)39-24-19-15-16-21-26-45(57)68-37(32-65-44(56)25-20-14-12-10-8-7-9-11-13-18-22-35(3)5-2)33-66-71(61,62)70-72(63,64)67-34-42(47(59)46(38)58)69-48(39)52-30-29-43(50)51-49(52)60/h15,19,27-30,35-40,42,46-48,53-54,58-59H,4-14,16-18,20-26,31-34H2,1-3H3,(H,61,62)(H,63,64)(H2,50,51,60)/t35?,36-,37+,38-,39-,40+,42+,46-,47+,48+/m0/s1. The molecule has 2 aliphatic rings. The molecule has 12 atom stereocenters. The molecule has 412 valence electrons. The van der Waals surface area contributed by atoms with Crippen LogP contribution in [-0.4, -0.2) is 114 Å². The normalized spacial score (nSPS) is 29.6. The number of ether oxygens (including phenoxy) is 3. The summed E-state index contributed by atoms with van der Waals surface area (Å²) in [5.74, 6) is -4.33. The van der Waals surface area contributed by atoms with Crippen LogP contribution in [0.4, 0.5) is 5.82 Å². The molecule has 2 bridgehead atoms. The first-order valence-corrected chi connectivity index (χ1v) is 28.8. The van der Waals surface area contributed by atoms with Gasteiger partial charge >= 0.3 is 33.3 Å². The van der Waals surface area contributed by atoms with Gasteiger partial charge in [-0.2, -0.15) is 9.29 Å². The molecule has 0 spiro atoms. The number of carbonyl (C=O) groups excluding carboxylic acids is 3. The number of rotatable bonds is 23. The van der Waals surface area contributed by atoms with Crippen molar-refractivity contribution >= 4 is 39.2 Å². The molecule has 0 saturated carbocycles. The number of hydrogen-bond donors (Lipinski definition) is 7. The lowest BCUT2D eigenvalue weighted by Gasteiger charge is -2.38. The molecule has 0 aromatic carbocycles. The van der Waals surface area contributed by atoms with Crippen LogP contribution in [0.15, 0.2) is 41.4 Å². The zero-order chi connectivity index (χ0) is 53.1. The fraction of sp³-hybridized carbons (Fsp3) is 0.776. The number of unbranched alkanes of at least 4 members (excludes halogenated alkanes) is 11. The Hall–Kier alpha value is -3.17. The number of allylic oxidation sites excluding steroid dienone is 2. The second-order valence-electron chi connectivity index (χ2n) is 19.1. The van der Waals surface area contributed by atoms with E-state index in [0.29, 0.717) is 19.3 Å². The molecule has 1 saturated heterocycles. The Labute approximate surface area is 424 Å². The third-order valence-corrected chi connectivity index (χ3v) is 15.5. The van der Waals surface area contributed by atoms with Gasteiger partial charge in [0.25, 0.3) is 0 Å². The number of aliphatic hydroxyl groups is 4. The van der Waals surface area contributed by atoms with Crippen molar-refractivity contribution < 1.29 is 81.3 Å². The van der Waals surface area contributed by atoms with Crippen LogP contribution >= 0.6 is 15.6 Å². The van der Waals surface area contributed by atoms with Crippen LogP contribution in [0.1, 0.15) is 168 Å². The second kappa shape index (κ2) is 33.7.